The van der Waals surface area contributed by atoms with E-state index in [2.05, 4.69) is 20.5 Å². The lowest BCUT2D eigenvalue weighted by Gasteiger charge is -2.11. The fraction of sp³-hybridized carbons (Fsp3) is 0.0556. The number of carbonyl (C=O) groups is 2. The minimum Gasteiger partial charge on any atom is -0.506 e. The Morgan fingerprint density at radius 1 is 0.500 bits per heavy atom. The van der Waals surface area contributed by atoms with E-state index in [1.54, 1.807) is 36.4 Å². The second kappa shape index (κ2) is 14.4. The number of benzene rings is 6. The van der Waals surface area contributed by atoms with Crippen molar-refractivity contribution in [2.24, 2.45) is 20.5 Å². The van der Waals surface area contributed by atoms with Crippen molar-refractivity contribution in [3.63, 3.8) is 0 Å². The zero-order valence-electron chi connectivity index (χ0n) is 27.4. The first-order valence-corrected chi connectivity index (χ1v) is 18.4. The van der Waals surface area contributed by atoms with Crippen molar-refractivity contribution in [2.45, 2.75) is 22.6 Å². The van der Waals surface area contributed by atoms with Gasteiger partial charge in [-0.1, -0.05) is 60.7 Å². The van der Waals surface area contributed by atoms with Gasteiger partial charge in [0.2, 0.25) is 0 Å². The van der Waals surface area contributed by atoms with Crippen molar-refractivity contribution >= 4 is 76.5 Å². The van der Waals surface area contributed by atoms with Crippen molar-refractivity contribution in [3.8, 4) is 11.5 Å². The molecule has 54 heavy (non-hydrogen) atoms. The quantitative estimate of drug-likeness (QED) is 0.0542. The van der Waals surface area contributed by atoms with Crippen molar-refractivity contribution < 1.29 is 56.0 Å². The van der Waals surface area contributed by atoms with Crippen LogP contribution in [-0.4, -0.2) is 58.3 Å². The standard InChI is InChI=1S/C36H26N4O12S2/c41-33-25-7-3-1-5-23(25)29(17-27(33)35(43)44)39-37-21-13-11-19(31(15-21)53(47,48)49)9-10-20-12-14-22(16-32(20)54(50,51)52)38-40-30-18-28(36(45)46)34(42)26-8-4-2-6-24(26)30/h1-8,11-18,41-42H,9-10H2,(H,43,44)(H,45,46)(H,47,48,49)(H,50,51,52). The normalized spacial score (nSPS) is 12.3. The number of carboxylic acid groups (broad SMARTS) is 2. The van der Waals surface area contributed by atoms with Gasteiger partial charge in [-0.05, 0) is 60.4 Å². The summed E-state index contributed by atoms with van der Waals surface area (Å²) in [6, 6.07) is 22.2. The Morgan fingerprint density at radius 3 is 1.19 bits per heavy atom. The number of fused-ring (bicyclic) bond motifs is 2. The molecule has 0 atom stereocenters. The topological polar surface area (TPSA) is 273 Å². The lowest BCUT2D eigenvalue weighted by atomic mass is 10.0. The molecule has 0 aliphatic heterocycles. The van der Waals surface area contributed by atoms with Crippen LogP contribution < -0.4 is 0 Å². The van der Waals surface area contributed by atoms with Gasteiger partial charge in [-0.3, -0.25) is 9.11 Å². The smallest absolute Gasteiger partial charge is 0.339 e. The summed E-state index contributed by atoms with van der Waals surface area (Å²) < 4.78 is 69.8. The average molecular weight is 771 g/mol. The van der Waals surface area contributed by atoms with Crippen molar-refractivity contribution in [2.75, 3.05) is 0 Å². The second-order valence-electron chi connectivity index (χ2n) is 11.7. The van der Waals surface area contributed by atoms with Crippen LogP contribution in [0.3, 0.4) is 0 Å². The Hall–Kier alpha value is -6.60. The number of carboxylic acids is 2. The predicted molar refractivity (Wildman–Crippen MR) is 193 cm³/mol. The van der Waals surface area contributed by atoms with Gasteiger partial charge in [0.25, 0.3) is 20.2 Å². The molecule has 0 bridgehead atoms. The maximum Gasteiger partial charge on any atom is 0.339 e. The molecule has 274 valence electrons. The van der Waals surface area contributed by atoms with Crippen LogP contribution in [0.1, 0.15) is 31.8 Å². The molecule has 0 spiro atoms. The summed E-state index contributed by atoms with van der Waals surface area (Å²) in [7, 11) is -9.73. The van der Waals surface area contributed by atoms with Gasteiger partial charge in [-0.2, -0.15) is 27.1 Å². The highest BCUT2D eigenvalue weighted by atomic mass is 32.2. The van der Waals surface area contributed by atoms with Crippen molar-refractivity contribution in [3.05, 3.63) is 119 Å². The highest BCUT2D eigenvalue weighted by Crippen LogP contribution is 2.39. The molecule has 0 unspecified atom stereocenters. The number of rotatable bonds is 11. The van der Waals surface area contributed by atoms with Gasteiger partial charge in [0.1, 0.15) is 22.6 Å². The van der Waals surface area contributed by atoms with E-state index in [9.17, 15) is 56.0 Å². The molecule has 0 aromatic heterocycles. The summed E-state index contributed by atoms with van der Waals surface area (Å²) in [6.45, 7) is 0. The Bertz CT molecular complexity index is 2630. The molecular formula is C36H26N4O12S2. The first-order chi connectivity index (χ1) is 25.5. The van der Waals surface area contributed by atoms with Crippen molar-refractivity contribution in [1.82, 2.24) is 0 Å². The van der Waals surface area contributed by atoms with Crippen LogP contribution >= 0.6 is 0 Å². The van der Waals surface area contributed by atoms with E-state index in [1.165, 1.54) is 36.4 Å². The monoisotopic (exact) mass is 770 g/mol. The fourth-order valence-electron chi connectivity index (χ4n) is 5.77. The highest BCUT2D eigenvalue weighted by Gasteiger charge is 2.21. The van der Waals surface area contributed by atoms with Gasteiger partial charge < -0.3 is 20.4 Å². The fourth-order valence-corrected chi connectivity index (χ4v) is 7.31. The Balaban J connectivity index is 1.30. The molecule has 0 heterocycles. The Labute approximate surface area is 305 Å². The van der Waals surface area contributed by atoms with Crippen LogP contribution in [0, 0.1) is 0 Å². The molecule has 6 N–H and O–H groups in total. The molecule has 16 nitrogen and oxygen atoms in total. The van der Waals surface area contributed by atoms with Gasteiger partial charge in [0.05, 0.1) is 32.5 Å². The van der Waals surface area contributed by atoms with Gasteiger partial charge in [0, 0.05) is 21.5 Å². The minimum atomic E-state index is -4.87. The zero-order valence-corrected chi connectivity index (χ0v) is 29.0. The van der Waals surface area contributed by atoms with Crippen LogP contribution in [0.4, 0.5) is 22.7 Å². The van der Waals surface area contributed by atoms with E-state index in [1.807, 2.05) is 0 Å². The van der Waals surface area contributed by atoms with Gasteiger partial charge in [0.15, 0.2) is 0 Å². The number of aryl methyl sites for hydroxylation is 2. The number of phenols is 2. The molecule has 0 radical (unpaired) electrons. The molecule has 0 aliphatic carbocycles. The highest BCUT2D eigenvalue weighted by molar-refractivity contribution is 7.86. The predicted octanol–water partition coefficient (Wildman–Crippen LogP) is 7.91. The second-order valence-corrected chi connectivity index (χ2v) is 14.5. The van der Waals surface area contributed by atoms with Gasteiger partial charge in [-0.25, -0.2) is 9.59 Å². The van der Waals surface area contributed by atoms with Crippen LogP contribution in [0.5, 0.6) is 11.5 Å². The minimum absolute atomic E-state index is 0.0503. The molecule has 0 amide bonds. The molecule has 6 aromatic carbocycles. The largest absolute Gasteiger partial charge is 0.506 e. The number of azo groups is 2. The summed E-state index contributed by atoms with van der Waals surface area (Å²) in [5.41, 5.74) is -0.747. The SMILES string of the molecule is O=C(O)c1cc(N=Nc2ccc(CCc3ccc(N=Nc4cc(C(=O)O)c(O)c5ccccc45)cc3S(=O)(=O)O)c(S(=O)(=O)O)c2)c2ccccc2c1O. The Kier molecular flexibility index (Phi) is 9.93. The van der Waals surface area contributed by atoms with Gasteiger partial charge >= 0.3 is 11.9 Å². The lowest BCUT2D eigenvalue weighted by Crippen LogP contribution is -2.07. The number of hydrogen-bond acceptors (Lipinski definition) is 12. The summed E-state index contributed by atoms with van der Waals surface area (Å²) in [5.74, 6) is -3.76. The summed E-state index contributed by atoms with van der Waals surface area (Å²) in [6.07, 6.45) is -0.310. The van der Waals surface area contributed by atoms with Gasteiger partial charge in [-0.15, -0.1) is 10.2 Å². The molecule has 6 aromatic rings. The Morgan fingerprint density at radius 2 is 0.852 bits per heavy atom. The molecule has 18 heteroatoms. The molecule has 0 saturated carbocycles. The van der Waals surface area contributed by atoms with Crippen molar-refractivity contribution in [1.29, 1.82) is 0 Å². The number of hydrogen-bond donors (Lipinski definition) is 6. The third kappa shape index (κ3) is 7.62. The number of aromatic hydroxyl groups is 2. The molecule has 0 aliphatic rings. The number of aromatic carboxylic acids is 2. The summed E-state index contributed by atoms with van der Waals surface area (Å²) in [4.78, 5) is 22.3. The third-order valence-corrected chi connectivity index (χ3v) is 10.2. The average Bonchev–Trinajstić information content (AvgIpc) is 3.13. The van der Waals surface area contributed by atoms with Crippen LogP contribution in [-0.2, 0) is 33.1 Å². The maximum absolute atomic E-state index is 12.4. The summed E-state index contributed by atoms with van der Waals surface area (Å²) >= 11 is 0. The van der Waals surface area contributed by atoms with E-state index in [4.69, 9.17) is 0 Å². The number of nitrogens with zero attached hydrogens (tertiary/aromatic N) is 4. The third-order valence-electron chi connectivity index (χ3n) is 8.32. The van der Waals surface area contributed by atoms with Crippen LogP contribution in [0.2, 0.25) is 0 Å². The molecule has 0 fully saturated rings. The lowest BCUT2D eigenvalue weighted by molar-refractivity contribution is 0.0682. The zero-order chi connectivity index (χ0) is 38.9. The van der Waals surface area contributed by atoms with E-state index in [-0.39, 0.29) is 57.5 Å². The molecule has 6 rings (SSSR count). The maximum atomic E-state index is 12.4. The van der Waals surface area contributed by atoms with E-state index in [0.717, 1.165) is 24.3 Å². The first-order valence-electron chi connectivity index (χ1n) is 15.5. The van der Waals surface area contributed by atoms with E-state index in [0.29, 0.717) is 10.8 Å². The van der Waals surface area contributed by atoms with E-state index >= 15 is 0 Å². The van der Waals surface area contributed by atoms with Crippen LogP contribution in [0.15, 0.2) is 127 Å². The first kappa shape index (κ1) is 37.2. The van der Waals surface area contributed by atoms with Crippen LogP contribution in [0.25, 0.3) is 21.5 Å². The molecular weight excluding hydrogens is 745 g/mol. The van der Waals surface area contributed by atoms with E-state index < -0.39 is 64.6 Å². The summed E-state index contributed by atoms with van der Waals surface area (Å²) in [5, 5.41) is 57.1. The molecule has 0 saturated heterocycles.